The number of rotatable bonds is 3. The summed E-state index contributed by atoms with van der Waals surface area (Å²) in [6, 6.07) is 5.91. The number of aliphatic carboxylic acids is 1. The lowest BCUT2D eigenvalue weighted by molar-refractivity contribution is -0.158. The number of methoxy groups -OCH3 is 1. The molecule has 8 heteroatoms. The molecule has 3 N–H and O–H groups in total. The van der Waals surface area contributed by atoms with Crippen molar-refractivity contribution < 1.29 is 29.6 Å². The topological polar surface area (TPSA) is 120 Å². The van der Waals surface area contributed by atoms with Gasteiger partial charge in [-0.3, -0.25) is 4.79 Å². The van der Waals surface area contributed by atoms with Gasteiger partial charge in [0, 0.05) is 0 Å². The van der Waals surface area contributed by atoms with Crippen molar-refractivity contribution in [2.45, 2.75) is 5.79 Å². The van der Waals surface area contributed by atoms with Crippen LogP contribution >= 0.6 is 0 Å². The van der Waals surface area contributed by atoms with Gasteiger partial charge in [-0.05, 0) is 24.3 Å². The third-order valence-corrected chi connectivity index (χ3v) is 2.54. The second-order valence-corrected chi connectivity index (χ2v) is 3.74. The van der Waals surface area contributed by atoms with E-state index in [1.54, 1.807) is 0 Å². The van der Waals surface area contributed by atoms with Gasteiger partial charge in [-0.1, -0.05) is 0 Å². The van der Waals surface area contributed by atoms with Crippen LogP contribution in [0.4, 0.5) is 5.69 Å². The zero-order valence-corrected chi connectivity index (χ0v) is 9.77. The first-order valence-corrected chi connectivity index (χ1v) is 5.13. The van der Waals surface area contributed by atoms with Crippen molar-refractivity contribution in [3.05, 3.63) is 24.3 Å². The fraction of sp³-hybridized carbons (Fsp3) is 0.182. The molecule has 1 heterocycles. The summed E-state index contributed by atoms with van der Waals surface area (Å²) in [4.78, 5) is 22.5. The number of carboxylic acids is 1. The molecule has 0 fully saturated rings. The molecule has 0 bridgehead atoms. The van der Waals surface area contributed by atoms with Gasteiger partial charge in [-0.2, -0.15) is 10.1 Å². The van der Waals surface area contributed by atoms with Crippen LogP contribution in [0.3, 0.4) is 0 Å². The Hall–Kier alpha value is -2.45. The third-order valence-electron chi connectivity index (χ3n) is 2.54. The number of hydrogen-bond acceptors (Lipinski definition) is 6. The molecule has 8 nitrogen and oxygen atoms in total. The van der Waals surface area contributed by atoms with E-state index in [1.807, 2.05) is 0 Å². The van der Waals surface area contributed by atoms with Crippen molar-refractivity contribution in [1.29, 1.82) is 0 Å². The molecule has 1 aliphatic heterocycles. The van der Waals surface area contributed by atoms with Gasteiger partial charge in [0.15, 0.2) is 0 Å². The number of carboxylic acid groups (broad SMARTS) is 1. The van der Waals surface area contributed by atoms with Gasteiger partial charge in [-0.15, -0.1) is 0 Å². The number of nitrogens with zero attached hydrogens (tertiary/aromatic N) is 2. The fourth-order valence-electron chi connectivity index (χ4n) is 1.55. The van der Waals surface area contributed by atoms with E-state index in [2.05, 4.69) is 5.10 Å². The van der Waals surface area contributed by atoms with E-state index in [9.17, 15) is 19.8 Å². The van der Waals surface area contributed by atoms with Crippen molar-refractivity contribution in [2.75, 3.05) is 12.1 Å². The maximum atomic E-state index is 11.7. The quantitative estimate of drug-likeness (QED) is 0.614. The smallest absolute Gasteiger partial charge is 0.358 e. The molecule has 2 rings (SSSR count). The van der Waals surface area contributed by atoms with Gasteiger partial charge in [0.05, 0.1) is 12.8 Å². The molecule has 1 aliphatic rings. The van der Waals surface area contributed by atoms with Crippen molar-refractivity contribution in [2.24, 2.45) is 5.10 Å². The third kappa shape index (κ3) is 2.02. The molecule has 0 saturated heterocycles. The Morgan fingerprint density at radius 3 is 2.32 bits per heavy atom. The summed E-state index contributed by atoms with van der Waals surface area (Å²) in [5, 5.41) is 31.7. The number of amides is 1. The zero-order valence-electron chi connectivity index (χ0n) is 9.77. The monoisotopic (exact) mass is 266 g/mol. The van der Waals surface area contributed by atoms with E-state index in [0.29, 0.717) is 10.8 Å². The minimum absolute atomic E-state index is 0.189. The van der Waals surface area contributed by atoms with E-state index in [4.69, 9.17) is 9.84 Å². The summed E-state index contributed by atoms with van der Waals surface area (Å²) >= 11 is 0. The average Bonchev–Trinajstić information content (AvgIpc) is 2.61. The van der Waals surface area contributed by atoms with Crippen LogP contribution in [0, 0.1) is 0 Å². The molecule has 0 atom stereocenters. The highest BCUT2D eigenvalue weighted by Crippen LogP contribution is 2.26. The maximum absolute atomic E-state index is 11.7. The van der Waals surface area contributed by atoms with Gasteiger partial charge < -0.3 is 20.1 Å². The van der Waals surface area contributed by atoms with Crippen molar-refractivity contribution in [1.82, 2.24) is 0 Å². The summed E-state index contributed by atoms with van der Waals surface area (Å²) in [7, 11) is 1.46. The maximum Gasteiger partial charge on any atom is 0.358 e. The average molecular weight is 266 g/mol. The number of aliphatic hydroxyl groups is 2. The molecule has 0 saturated carbocycles. The SMILES string of the molecule is COc1ccc(N2N=C(C(=O)O)C(O)(O)C2=O)cc1. The largest absolute Gasteiger partial charge is 0.497 e. The highest BCUT2D eigenvalue weighted by molar-refractivity contribution is 6.46. The molecule has 0 spiro atoms. The molecular weight excluding hydrogens is 256 g/mol. The molecule has 0 radical (unpaired) electrons. The first-order valence-electron chi connectivity index (χ1n) is 5.13. The Kier molecular flexibility index (Phi) is 2.97. The van der Waals surface area contributed by atoms with Crippen molar-refractivity contribution in [3.63, 3.8) is 0 Å². The van der Waals surface area contributed by atoms with Crippen LogP contribution in [0.5, 0.6) is 5.75 Å². The molecule has 100 valence electrons. The number of hydrazone groups is 1. The van der Waals surface area contributed by atoms with E-state index >= 15 is 0 Å². The van der Waals surface area contributed by atoms with Crippen LogP contribution < -0.4 is 9.75 Å². The second kappa shape index (κ2) is 4.34. The lowest BCUT2D eigenvalue weighted by Crippen LogP contribution is -2.48. The first kappa shape index (κ1) is 13.0. The number of hydrogen-bond donors (Lipinski definition) is 3. The molecule has 1 amide bonds. The summed E-state index contributed by atoms with van der Waals surface area (Å²) in [5.74, 6) is -5.55. The highest BCUT2D eigenvalue weighted by Gasteiger charge is 2.52. The molecule has 19 heavy (non-hydrogen) atoms. The van der Waals surface area contributed by atoms with Gasteiger partial charge in [0.25, 0.3) is 0 Å². The Morgan fingerprint density at radius 1 is 1.32 bits per heavy atom. The van der Waals surface area contributed by atoms with Crippen LogP contribution in [-0.4, -0.2) is 45.8 Å². The molecule has 0 aromatic heterocycles. The van der Waals surface area contributed by atoms with Crippen LogP contribution in [0.15, 0.2) is 29.4 Å². The molecule has 0 unspecified atom stereocenters. The van der Waals surface area contributed by atoms with Gasteiger partial charge >= 0.3 is 17.7 Å². The Bertz CT molecular complexity index is 563. The van der Waals surface area contributed by atoms with E-state index < -0.39 is 23.4 Å². The van der Waals surface area contributed by atoms with Crippen molar-refractivity contribution in [3.8, 4) is 5.75 Å². The molecule has 1 aromatic rings. The Balaban J connectivity index is 2.40. The lowest BCUT2D eigenvalue weighted by atomic mass is 10.1. The Labute approximate surface area is 107 Å². The summed E-state index contributed by atoms with van der Waals surface area (Å²) in [5.41, 5.74) is -0.858. The summed E-state index contributed by atoms with van der Waals surface area (Å²) < 4.78 is 4.93. The van der Waals surface area contributed by atoms with E-state index in [1.165, 1.54) is 31.4 Å². The van der Waals surface area contributed by atoms with Crippen LogP contribution in [0.2, 0.25) is 0 Å². The standard InChI is InChI=1S/C11H10N2O6/c1-19-7-4-2-6(3-5-7)13-10(16)11(17,18)8(12-13)9(14)15/h2-5,17-18H,1H3,(H,14,15). The predicted molar refractivity (Wildman–Crippen MR) is 62.7 cm³/mol. The van der Waals surface area contributed by atoms with Crippen molar-refractivity contribution >= 4 is 23.3 Å². The fourth-order valence-corrected chi connectivity index (χ4v) is 1.55. The number of carbonyl (C=O) groups excluding carboxylic acids is 1. The minimum atomic E-state index is -3.13. The number of ether oxygens (including phenoxy) is 1. The zero-order chi connectivity index (χ0) is 14.2. The molecule has 1 aromatic carbocycles. The Morgan fingerprint density at radius 2 is 1.89 bits per heavy atom. The van der Waals surface area contributed by atoms with Gasteiger partial charge in [0.2, 0.25) is 5.71 Å². The normalized spacial score (nSPS) is 17.3. The number of carbonyl (C=O) groups is 2. The number of anilines is 1. The molecular formula is C11H10N2O6. The van der Waals surface area contributed by atoms with Crippen LogP contribution in [0.25, 0.3) is 0 Å². The number of benzene rings is 1. The van der Waals surface area contributed by atoms with Crippen LogP contribution in [-0.2, 0) is 9.59 Å². The molecule has 0 aliphatic carbocycles. The van der Waals surface area contributed by atoms with Gasteiger partial charge in [-0.25, -0.2) is 4.79 Å². The van der Waals surface area contributed by atoms with E-state index in [0.717, 1.165) is 0 Å². The van der Waals surface area contributed by atoms with Crippen LogP contribution in [0.1, 0.15) is 0 Å². The van der Waals surface area contributed by atoms with E-state index in [-0.39, 0.29) is 5.69 Å². The highest BCUT2D eigenvalue weighted by atomic mass is 16.5. The second-order valence-electron chi connectivity index (χ2n) is 3.74. The van der Waals surface area contributed by atoms with Gasteiger partial charge in [0.1, 0.15) is 5.75 Å². The summed E-state index contributed by atoms with van der Waals surface area (Å²) in [6.07, 6.45) is 0. The minimum Gasteiger partial charge on any atom is -0.497 e. The predicted octanol–water partition coefficient (Wildman–Crippen LogP) is -0.837. The first-order chi connectivity index (χ1) is 8.87. The lowest BCUT2D eigenvalue weighted by Gasteiger charge is -2.16. The summed E-state index contributed by atoms with van der Waals surface area (Å²) in [6.45, 7) is 0.